The first kappa shape index (κ1) is 17.3. The van der Waals surface area contributed by atoms with Gasteiger partial charge in [0.15, 0.2) is 0 Å². The average Bonchev–Trinajstić information content (AvgIpc) is 3.34. The lowest BCUT2D eigenvalue weighted by Gasteiger charge is -2.19. The van der Waals surface area contributed by atoms with Crippen molar-refractivity contribution in [3.63, 3.8) is 0 Å². The highest BCUT2D eigenvalue weighted by atomic mass is 16.2. The Morgan fingerprint density at radius 1 is 1.22 bits per heavy atom. The molecule has 0 radical (unpaired) electrons. The number of nitrogens with one attached hydrogen (secondary N) is 2. The van der Waals surface area contributed by atoms with Crippen LogP contribution in [0, 0.1) is 12.8 Å². The van der Waals surface area contributed by atoms with E-state index in [0.717, 1.165) is 35.5 Å². The van der Waals surface area contributed by atoms with E-state index in [1.807, 2.05) is 62.1 Å². The maximum absolute atomic E-state index is 12.8. The fourth-order valence-electron chi connectivity index (χ4n) is 3.54. The summed E-state index contributed by atoms with van der Waals surface area (Å²) in [5.74, 6) is 2.02. The molecule has 7 heteroatoms. The van der Waals surface area contributed by atoms with Crippen molar-refractivity contribution in [1.82, 2.24) is 24.6 Å². The highest BCUT2D eigenvalue weighted by Crippen LogP contribution is 2.40. The first-order valence-electron chi connectivity index (χ1n) is 9.18. The lowest BCUT2D eigenvalue weighted by Crippen LogP contribution is -2.35. The third-order valence-electron chi connectivity index (χ3n) is 5.03. The molecule has 2 heterocycles. The third-order valence-corrected chi connectivity index (χ3v) is 5.03. The van der Waals surface area contributed by atoms with E-state index in [1.54, 1.807) is 10.9 Å². The normalized spacial score (nSPS) is 14.8. The van der Waals surface area contributed by atoms with E-state index in [9.17, 15) is 4.79 Å². The van der Waals surface area contributed by atoms with Crippen LogP contribution < -0.4 is 10.6 Å². The highest BCUT2D eigenvalue weighted by Gasteiger charge is 2.36. The number of imidazole rings is 1. The molecular weight excluding hydrogens is 340 g/mol. The average molecular weight is 364 g/mol. The van der Waals surface area contributed by atoms with E-state index in [2.05, 4.69) is 20.7 Å². The van der Waals surface area contributed by atoms with Gasteiger partial charge in [-0.05, 0) is 31.2 Å². The van der Waals surface area contributed by atoms with Gasteiger partial charge in [0.25, 0.3) is 0 Å². The van der Waals surface area contributed by atoms with Crippen molar-refractivity contribution in [3.05, 3.63) is 54.2 Å². The molecule has 2 N–H and O–H groups in total. The summed E-state index contributed by atoms with van der Waals surface area (Å²) in [6, 6.07) is 9.66. The Bertz CT molecular complexity index is 954. The number of urea groups is 1. The second-order valence-corrected chi connectivity index (χ2v) is 7.11. The monoisotopic (exact) mass is 364 g/mol. The number of rotatable bonds is 5. The zero-order valence-corrected chi connectivity index (χ0v) is 15.8. The van der Waals surface area contributed by atoms with Crippen LogP contribution in [0.5, 0.6) is 0 Å². The molecule has 0 saturated heterocycles. The molecule has 0 bridgehead atoms. The number of carbonyl (C=O) groups excluding carboxylic acids is 1. The topological polar surface area (TPSA) is 76.8 Å². The quantitative estimate of drug-likeness (QED) is 0.728. The van der Waals surface area contributed by atoms with Crippen LogP contribution in [-0.2, 0) is 14.1 Å². The van der Waals surface area contributed by atoms with Crippen LogP contribution in [0.1, 0.15) is 30.4 Å². The van der Waals surface area contributed by atoms with Crippen molar-refractivity contribution >= 4 is 11.8 Å². The number of aromatic nitrogens is 4. The summed E-state index contributed by atoms with van der Waals surface area (Å²) in [6.07, 6.45) is 5.89. The molecule has 2 amide bonds. The molecule has 4 rings (SSSR count). The number of anilines is 1. The molecule has 27 heavy (non-hydrogen) atoms. The Morgan fingerprint density at radius 2 is 1.96 bits per heavy atom. The minimum atomic E-state index is -0.241. The Hall–Kier alpha value is -3.09. The third kappa shape index (κ3) is 3.45. The summed E-state index contributed by atoms with van der Waals surface area (Å²) in [4.78, 5) is 17.2. The minimum Gasteiger partial charge on any atom is -0.336 e. The van der Waals surface area contributed by atoms with E-state index in [0.29, 0.717) is 11.7 Å². The summed E-state index contributed by atoms with van der Waals surface area (Å²) in [7, 11) is 3.79. The summed E-state index contributed by atoms with van der Waals surface area (Å²) in [6.45, 7) is 1.95. The molecule has 1 fully saturated rings. The zero-order valence-electron chi connectivity index (χ0n) is 15.8. The summed E-state index contributed by atoms with van der Waals surface area (Å²) in [5.41, 5.74) is 2.84. The predicted molar refractivity (Wildman–Crippen MR) is 104 cm³/mol. The van der Waals surface area contributed by atoms with Crippen LogP contribution in [0.25, 0.3) is 11.1 Å². The van der Waals surface area contributed by atoms with Crippen molar-refractivity contribution in [2.45, 2.75) is 25.8 Å². The fourth-order valence-corrected chi connectivity index (χ4v) is 3.54. The molecular formula is C20H24N6O. The SMILES string of the molecule is Cc1nn(C)c(NC(=O)NC(c2nccn2C)C2CC2)c1-c1ccccc1. The molecule has 1 saturated carbocycles. The molecule has 7 nitrogen and oxygen atoms in total. The first-order chi connectivity index (χ1) is 13.0. The predicted octanol–water partition coefficient (Wildman–Crippen LogP) is 3.40. The van der Waals surface area contributed by atoms with Gasteiger partial charge in [-0.25, -0.2) is 9.78 Å². The number of aryl methyl sites for hydroxylation is 3. The van der Waals surface area contributed by atoms with Gasteiger partial charge < -0.3 is 9.88 Å². The van der Waals surface area contributed by atoms with Gasteiger partial charge >= 0.3 is 6.03 Å². The molecule has 1 aromatic carbocycles. The molecule has 0 spiro atoms. The van der Waals surface area contributed by atoms with Crippen LogP contribution >= 0.6 is 0 Å². The molecule has 1 aliphatic carbocycles. The largest absolute Gasteiger partial charge is 0.336 e. The number of benzene rings is 1. The van der Waals surface area contributed by atoms with Crippen molar-refractivity contribution in [2.75, 3.05) is 5.32 Å². The molecule has 1 atom stereocenters. The number of nitrogens with zero attached hydrogens (tertiary/aromatic N) is 4. The van der Waals surface area contributed by atoms with Gasteiger partial charge in [-0.15, -0.1) is 0 Å². The van der Waals surface area contributed by atoms with Gasteiger partial charge in [-0.2, -0.15) is 5.10 Å². The van der Waals surface area contributed by atoms with Crippen LogP contribution in [-0.4, -0.2) is 25.4 Å². The van der Waals surface area contributed by atoms with Crippen LogP contribution in [0.4, 0.5) is 10.6 Å². The highest BCUT2D eigenvalue weighted by molar-refractivity contribution is 5.94. The van der Waals surface area contributed by atoms with E-state index in [-0.39, 0.29) is 12.1 Å². The van der Waals surface area contributed by atoms with Crippen molar-refractivity contribution in [3.8, 4) is 11.1 Å². The molecule has 1 aliphatic rings. The lowest BCUT2D eigenvalue weighted by molar-refractivity contribution is 0.246. The van der Waals surface area contributed by atoms with Gasteiger partial charge in [0.05, 0.1) is 11.7 Å². The Kier molecular flexibility index (Phi) is 4.43. The maximum Gasteiger partial charge on any atom is 0.321 e. The zero-order chi connectivity index (χ0) is 19.0. The van der Waals surface area contributed by atoms with Crippen LogP contribution in [0.15, 0.2) is 42.7 Å². The summed E-state index contributed by atoms with van der Waals surface area (Å²) in [5, 5.41) is 10.6. The second-order valence-electron chi connectivity index (χ2n) is 7.11. The van der Waals surface area contributed by atoms with E-state index in [4.69, 9.17) is 0 Å². The first-order valence-corrected chi connectivity index (χ1v) is 9.18. The summed E-state index contributed by atoms with van der Waals surface area (Å²) >= 11 is 0. The van der Waals surface area contributed by atoms with Crippen molar-refractivity contribution in [1.29, 1.82) is 0 Å². The fraction of sp³-hybridized carbons (Fsp3) is 0.350. The van der Waals surface area contributed by atoms with Gasteiger partial charge in [-0.3, -0.25) is 10.00 Å². The maximum atomic E-state index is 12.8. The molecule has 2 aromatic heterocycles. The molecule has 0 aliphatic heterocycles. The van der Waals surface area contributed by atoms with Gasteiger partial charge in [0, 0.05) is 32.1 Å². The van der Waals surface area contributed by atoms with Crippen LogP contribution in [0.3, 0.4) is 0 Å². The molecule has 140 valence electrons. The smallest absolute Gasteiger partial charge is 0.321 e. The summed E-state index contributed by atoms with van der Waals surface area (Å²) < 4.78 is 3.68. The van der Waals surface area contributed by atoms with Gasteiger partial charge in [0.2, 0.25) is 0 Å². The molecule has 1 unspecified atom stereocenters. The molecule has 3 aromatic rings. The van der Waals surface area contributed by atoms with Crippen molar-refractivity contribution < 1.29 is 4.79 Å². The minimum absolute atomic E-state index is 0.0838. The lowest BCUT2D eigenvalue weighted by atomic mass is 10.1. The van der Waals surface area contributed by atoms with E-state index < -0.39 is 0 Å². The Labute approximate surface area is 158 Å². The Balaban J connectivity index is 1.57. The van der Waals surface area contributed by atoms with Gasteiger partial charge in [-0.1, -0.05) is 30.3 Å². The van der Waals surface area contributed by atoms with E-state index >= 15 is 0 Å². The van der Waals surface area contributed by atoms with Crippen molar-refractivity contribution in [2.24, 2.45) is 20.0 Å². The number of amides is 2. The number of hydrogen-bond donors (Lipinski definition) is 2. The number of carbonyl (C=O) groups is 1. The van der Waals surface area contributed by atoms with Crippen LogP contribution in [0.2, 0.25) is 0 Å². The number of hydrogen-bond acceptors (Lipinski definition) is 3. The van der Waals surface area contributed by atoms with Gasteiger partial charge in [0.1, 0.15) is 11.6 Å². The standard InChI is InChI=1S/C20H24N6O/c1-13-16(14-7-5-4-6-8-14)18(26(3)24-13)23-20(27)22-17(15-9-10-15)19-21-11-12-25(19)2/h4-8,11-12,15,17H,9-10H2,1-3H3,(H2,22,23,27). The van der Waals surface area contributed by atoms with E-state index in [1.165, 1.54) is 0 Å². The second kappa shape index (κ2) is 6.90. The Morgan fingerprint density at radius 3 is 2.59 bits per heavy atom.